The van der Waals surface area contributed by atoms with Crippen LogP contribution in [0.3, 0.4) is 0 Å². The van der Waals surface area contributed by atoms with E-state index in [4.69, 9.17) is 14.2 Å². The lowest BCUT2D eigenvalue weighted by molar-refractivity contribution is 0.0541. The van der Waals surface area contributed by atoms with Crippen LogP contribution >= 0.6 is 0 Å². The van der Waals surface area contributed by atoms with Gasteiger partial charge in [-0.15, -0.1) is 0 Å². The molecule has 2 rings (SSSR count). The first-order chi connectivity index (χ1) is 12.9. The largest absolute Gasteiger partial charge is 0.493 e. The monoisotopic (exact) mass is 373 g/mol. The lowest BCUT2D eigenvalue weighted by Crippen LogP contribution is -2.39. The summed E-state index contributed by atoms with van der Waals surface area (Å²) in [7, 11) is 3.26. The van der Waals surface area contributed by atoms with E-state index in [0.29, 0.717) is 24.6 Å². The zero-order valence-electron chi connectivity index (χ0n) is 16.9. The number of rotatable bonds is 10. The summed E-state index contributed by atoms with van der Waals surface area (Å²) < 4.78 is 16.5. The molecule has 0 radical (unpaired) electrons. The Morgan fingerprint density at radius 3 is 2.30 bits per heavy atom. The highest BCUT2D eigenvalue weighted by Gasteiger charge is 2.17. The Balaban J connectivity index is 1.97. The summed E-state index contributed by atoms with van der Waals surface area (Å²) in [5.74, 6) is 2.23. The van der Waals surface area contributed by atoms with Gasteiger partial charge < -0.3 is 19.3 Å². The van der Waals surface area contributed by atoms with E-state index >= 15 is 0 Å². The third-order valence-corrected chi connectivity index (χ3v) is 4.53. The molecule has 1 N–H and O–H groups in total. The van der Waals surface area contributed by atoms with Crippen LogP contribution in [0.5, 0.6) is 17.2 Å². The molecule has 0 spiro atoms. The van der Waals surface area contributed by atoms with Crippen LogP contribution in [0.25, 0.3) is 0 Å². The summed E-state index contributed by atoms with van der Waals surface area (Å²) in [6.07, 6.45) is -0.577. The van der Waals surface area contributed by atoms with Gasteiger partial charge in [-0.25, -0.2) is 0 Å². The van der Waals surface area contributed by atoms with Crippen molar-refractivity contribution in [2.45, 2.75) is 39.5 Å². The van der Waals surface area contributed by atoms with Gasteiger partial charge in [-0.3, -0.25) is 4.90 Å². The molecule has 2 aromatic carbocycles. The normalized spacial score (nSPS) is 12.3. The van der Waals surface area contributed by atoms with Crippen molar-refractivity contribution in [3.63, 3.8) is 0 Å². The minimum absolute atomic E-state index is 0.264. The first kappa shape index (κ1) is 21.1. The average Bonchev–Trinajstić information content (AvgIpc) is 2.66. The fourth-order valence-corrected chi connectivity index (χ4v) is 2.90. The highest BCUT2D eigenvalue weighted by Crippen LogP contribution is 2.28. The summed E-state index contributed by atoms with van der Waals surface area (Å²) >= 11 is 0. The molecule has 0 bridgehead atoms. The number of aliphatic hydroxyl groups excluding tert-OH is 1. The van der Waals surface area contributed by atoms with Crippen LogP contribution in [0.1, 0.15) is 25.0 Å². The van der Waals surface area contributed by atoms with Gasteiger partial charge in [-0.1, -0.05) is 24.3 Å². The van der Waals surface area contributed by atoms with Gasteiger partial charge >= 0.3 is 0 Å². The second-order valence-electron chi connectivity index (χ2n) is 6.94. The van der Waals surface area contributed by atoms with Crippen molar-refractivity contribution in [3.05, 3.63) is 53.6 Å². The number of benzene rings is 2. The van der Waals surface area contributed by atoms with Crippen molar-refractivity contribution < 1.29 is 19.3 Å². The summed E-state index contributed by atoms with van der Waals surface area (Å²) in [5.41, 5.74) is 2.17. The number of para-hydroxylation sites is 1. The molecular formula is C22H31NO4. The zero-order valence-corrected chi connectivity index (χ0v) is 16.9. The van der Waals surface area contributed by atoms with Gasteiger partial charge in [0, 0.05) is 19.1 Å². The molecule has 0 heterocycles. The molecule has 0 saturated carbocycles. The first-order valence-electron chi connectivity index (χ1n) is 9.26. The molecule has 0 aliphatic carbocycles. The molecule has 0 saturated heterocycles. The zero-order chi connectivity index (χ0) is 19.8. The van der Waals surface area contributed by atoms with Crippen LogP contribution < -0.4 is 14.2 Å². The topological polar surface area (TPSA) is 51.2 Å². The summed E-state index contributed by atoms with van der Waals surface area (Å²) in [4.78, 5) is 2.22. The Bertz CT molecular complexity index is 717. The molecule has 0 aliphatic heterocycles. The number of methoxy groups -OCH3 is 2. The van der Waals surface area contributed by atoms with Crippen molar-refractivity contribution in [1.29, 1.82) is 0 Å². The molecule has 2 aromatic rings. The van der Waals surface area contributed by atoms with Gasteiger partial charge in [-0.05, 0) is 50.1 Å². The molecule has 1 atom stereocenters. The third kappa shape index (κ3) is 6.15. The summed E-state index contributed by atoms with van der Waals surface area (Å²) in [5, 5.41) is 10.5. The minimum Gasteiger partial charge on any atom is -0.493 e. The van der Waals surface area contributed by atoms with Gasteiger partial charge in [0.25, 0.3) is 0 Å². The second kappa shape index (κ2) is 10.2. The van der Waals surface area contributed by atoms with E-state index in [-0.39, 0.29) is 12.6 Å². The van der Waals surface area contributed by atoms with Crippen LogP contribution in [-0.4, -0.2) is 49.5 Å². The highest BCUT2D eigenvalue weighted by molar-refractivity contribution is 5.42. The van der Waals surface area contributed by atoms with Crippen LogP contribution in [0.15, 0.2) is 42.5 Å². The Morgan fingerprint density at radius 2 is 1.67 bits per heavy atom. The van der Waals surface area contributed by atoms with E-state index in [0.717, 1.165) is 16.9 Å². The van der Waals surface area contributed by atoms with Gasteiger partial charge in [0.15, 0.2) is 11.5 Å². The fourth-order valence-electron chi connectivity index (χ4n) is 2.90. The van der Waals surface area contributed by atoms with Gasteiger partial charge in [0.05, 0.1) is 14.2 Å². The maximum absolute atomic E-state index is 10.5. The molecule has 1 unspecified atom stereocenters. The van der Waals surface area contributed by atoms with Gasteiger partial charge in [0.1, 0.15) is 18.5 Å². The molecule has 0 amide bonds. The molecule has 5 nitrogen and oxygen atoms in total. The number of hydrogen-bond donors (Lipinski definition) is 1. The van der Waals surface area contributed by atoms with Gasteiger partial charge in [-0.2, -0.15) is 0 Å². The van der Waals surface area contributed by atoms with E-state index in [1.165, 1.54) is 0 Å². The van der Waals surface area contributed by atoms with E-state index < -0.39 is 6.10 Å². The predicted molar refractivity (Wildman–Crippen MR) is 108 cm³/mol. The maximum Gasteiger partial charge on any atom is 0.161 e. The standard InChI is InChI=1S/C22H31NO4/c1-16(2)23(13-18-10-11-21(25-4)22(12-18)26-5)14-19(24)15-27-20-9-7-6-8-17(20)3/h6-12,16,19,24H,13-15H2,1-5H3. The smallest absolute Gasteiger partial charge is 0.161 e. The summed E-state index contributed by atoms with van der Waals surface area (Å²) in [6.45, 7) is 7.74. The number of ether oxygens (including phenoxy) is 3. The number of hydrogen-bond acceptors (Lipinski definition) is 5. The van der Waals surface area contributed by atoms with E-state index in [2.05, 4.69) is 18.7 Å². The molecule has 27 heavy (non-hydrogen) atoms. The lowest BCUT2D eigenvalue weighted by Gasteiger charge is -2.29. The Kier molecular flexibility index (Phi) is 7.95. The number of aryl methyl sites for hydroxylation is 1. The SMILES string of the molecule is COc1ccc(CN(CC(O)COc2ccccc2C)C(C)C)cc1OC. The summed E-state index contributed by atoms with van der Waals surface area (Å²) in [6, 6.07) is 14.0. The first-order valence-corrected chi connectivity index (χ1v) is 9.26. The van der Waals surface area contributed by atoms with Crippen molar-refractivity contribution in [3.8, 4) is 17.2 Å². The van der Waals surface area contributed by atoms with E-state index in [1.54, 1.807) is 14.2 Å². The Hall–Kier alpha value is -2.24. The Morgan fingerprint density at radius 1 is 0.963 bits per heavy atom. The second-order valence-corrected chi connectivity index (χ2v) is 6.94. The highest BCUT2D eigenvalue weighted by atomic mass is 16.5. The van der Waals surface area contributed by atoms with Crippen LogP contribution in [0, 0.1) is 6.92 Å². The predicted octanol–water partition coefficient (Wildman–Crippen LogP) is 3.66. The van der Waals surface area contributed by atoms with Crippen LogP contribution in [0.2, 0.25) is 0 Å². The van der Waals surface area contributed by atoms with Crippen LogP contribution in [0.4, 0.5) is 0 Å². The molecule has 0 aromatic heterocycles. The lowest BCUT2D eigenvalue weighted by atomic mass is 10.1. The molecule has 0 aliphatic rings. The van der Waals surface area contributed by atoms with Gasteiger partial charge in [0.2, 0.25) is 0 Å². The number of nitrogens with zero attached hydrogens (tertiary/aromatic N) is 1. The quantitative estimate of drug-likeness (QED) is 0.689. The maximum atomic E-state index is 10.5. The molecule has 0 fully saturated rings. The van der Waals surface area contributed by atoms with Crippen molar-refractivity contribution >= 4 is 0 Å². The van der Waals surface area contributed by atoms with Crippen molar-refractivity contribution in [2.24, 2.45) is 0 Å². The molecule has 148 valence electrons. The average molecular weight is 373 g/mol. The van der Waals surface area contributed by atoms with E-state index in [1.807, 2.05) is 49.4 Å². The molecular weight excluding hydrogens is 342 g/mol. The van der Waals surface area contributed by atoms with Crippen molar-refractivity contribution in [1.82, 2.24) is 4.90 Å². The van der Waals surface area contributed by atoms with Crippen LogP contribution in [-0.2, 0) is 6.54 Å². The van der Waals surface area contributed by atoms with E-state index in [9.17, 15) is 5.11 Å². The fraction of sp³-hybridized carbons (Fsp3) is 0.455. The minimum atomic E-state index is -0.577. The Labute approximate surface area is 162 Å². The third-order valence-electron chi connectivity index (χ3n) is 4.53. The number of aliphatic hydroxyl groups is 1. The van der Waals surface area contributed by atoms with Crippen molar-refractivity contribution in [2.75, 3.05) is 27.4 Å². The molecule has 5 heteroatoms.